The summed E-state index contributed by atoms with van der Waals surface area (Å²) in [4.78, 5) is 4.34. The molecule has 0 aliphatic heterocycles. The number of hydrogen-bond donors (Lipinski definition) is 1. The number of ether oxygens (including phenoxy) is 1. The highest BCUT2D eigenvalue weighted by Crippen LogP contribution is 2.62. The SMILES string of the molecule is COCCNCC1(c2cccnc2)CC2(CCCC2)C1. The van der Waals surface area contributed by atoms with Crippen LogP contribution in [0.1, 0.15) is 44.1 Å². The Bertz CT molecular complexity index is 418. The predicted molar refractivity (Wildman–Crippen MR) is 80.8 cm³/mol. The minimum Gasteiger partial charge on any atom is -0.383 e. The van der Waals surface area contributed by atoms with Gasteiger partial charge in [0.25, 0.3) is 0 Å². The van der Waals surface area contributed by atoms with E-state index >= 15 is 0 Å². The number of aromatic nitrogens is 1. The van der Waals surface area contributed by atoms with Crippen LogP contribution in [-0.4, -0.2) is 31.8 Å². The van der Waals surface area contributed by atoms with Gasteiger partial charge >= 0.3 is 0 Å². The van der Waals surface area contributed by atoms with Gasteiger partial charge in [-0.05, 0) is 42.7 Å². The molecule has 0 amide bonds. The smallest absolute Gasteiger partial charge is 0.0587 e. The van der Waals surface area contributed by atoms with Gasteiger partial charge in [-0.2, -0.15) is 0 Å². The Morgan fingerprint density at radius 3 is 2.75 bits per heavy atom. The van der Waals surface area contributed by atoms with E-state index in [9.17, 15) is 0 Å². The minimum absolute atomic E-state index is 0.312. The van der Waals surface area contributed by atoms with E-state index in [2.05, 4.69) is 28.6 Å². The molecule has 1 spiro atoms. The molecule has 0 saturated heterocycles. The molecule has 2 aliphatic rings. The molecule has 0 atom stereocenters. The highest BCUT2D eigenvalue weighted by atomic mass is 16.5. The van der Waals surface area contributed by atoms with Gasteiger partial charge in [-0.3, -0.25) is 4.98 Å². The maximum absolute atomic E-state index is 5.13. The topological polar surface area (TPSA) is 34.1 Å². The first-order valence-corrected chi connectivity index (χ1v) is 7.89. The highest BCUT2D eigenvalue weighted by molar-refractivity contribution is 5.29. The lowest BCUT2D eigenvalue weighted by molar-refractivity contribution is 0.0258. The molecule has 3 rings (SSSR count). The van der Waals surface area contributed by atoms with E-state index in [0.29, 0.717) is 10.8 Å². The number of methoxy groups -OCH3 is 1. The van der Waals surface area contributed by atoms with Crippen LogP contribution in [0, 0.1) is 5.41 Å². The monoisotopic (exact) mass is 274 g/mol. The largest absolute Gasteiger partial charge is 0.383 e. The fourth-order valence-electron chi connectivity index (χ4n) is 4.47. The van der Waals surface area contributed by atoms with Crippen molar-refractivity contribution < 1.29 is 4.74 Å². The van der Waals surface area contributed by atoms with Gasteiger partial charge in [0.2, 0.25) is 0 Å². The van der Waals surface area contributed by atoms with Crippen molar-refractivity contribution in [1.82, 2.24) is 10.3 Å². The van der Waals surface area contributed by atoms with Gasteiger partial charge in [0.05, 0.1) is 6.61 Å². The minimum atomic E-state index is 0.312. The van der Waals surface area contributed by atoms with Crippen LogP contribution in [0.25, 0.3) is 0 Å². The van der Waals surface area contributed by atoms with Crippen molar-refractivity contribution in [3.63, 3.8) is 0 Å². The lowest BCUT2D eigenvalue weighted by Gasteiger charge is -2.56. The second-order valence-corrected chi connectivity index (χ2v) is 6.75. The number of rotatable bonds is 6. The number of pyridine rings is 1. The lowest BCUT2D eigenvalue weighted by atomic mass is 9.50. The molecule has 1 aromatic rings. The molecule has 0 bridgehead atoms. The van der Waals surface area contributed by atoms with Crippen molar-refractivity contribution in [2.45, 2.75) is 43.9 Å². The van der Waals surface area contributed by atoms with Gasteiger partial charge < -0.3 is 10.1 Å². The van der Waals surface area contributed by atoms with Gasteiger partial charge in [0.1, 0.15) is 0 Å². The summed E-state index contributed by atoms with van der Waals surface area (Å²) >= 11 is 0. The Morgan fingerprint density at radius 2 is 2.10 bits per heavy atom. The molecular formula is C17H26N2O. The van der Waals surface area contributed by atoms with E-state index in [0.717, 1.165) is 19.7 Å². The summed E-state index contributed by atoms with van der Waals surface area (Å²) in [5, 5.41) is 3.58. The first kappa shape index (κ1) is 14.0. The van der Waals surface area contributed by atoms with Crippen molar-refractivity contribution in [1.29, 1.82) is 0 Å². The number of hydrogen-bond acceptors (Lipinski definition) is 3. The van der Waals surface area contributed by atoms with Crippen LogP contribution in [0.4, 0.5) is 0 Å². The zero-order chi connectivity index (χ0) is 13.9. The van der Waals surface area contributed by atoms with Crippen molar-refractivity contribution in [2.75, 3.05) is 26.8 Å². The van der Waals surface area contributed by atoms with Gasteiger partial charge in [-0.15, -0.1) is 0 Å². The molecule has 2 saturated carbocycles. The molecule has 1 N–H and O–H groups in total. The normalized spacial score (nSPS) is 22.9. The quantitative estimate of drug-likeness (QED) is 0.810. The Hall–Kier alpha value is -0.930. The lowest BCUT2D eigenvalue weighted by Crippen LogP contribution is -2.54. The summed E-state index contributed by atoms with van der Waals surface area (Å²) < 4.78 is 5.13. The van der Waals surface area contributed by atoms with Crippen LogP contribution in [0.3, 0.4) is 0 Å². The van der Waals surface area contributed by atoms with E-state index in [1.54, 1.807) is 7.11 Å². The first-order valence-electron chi connectivity index (χ1n) is 7.89. The summed E-state index contributed by atoms with van der Waals surface area (Å²) in [6.45, 7) is 2.78. The van der Waals surface area contributed by atoms with E-state index in [1.165, 1.54) is 44.1 Å². The van der Waals surface area contributed by atoms with Crippen LogP contribution in [-0.2, 0) is 10.2 Å². The standard InChI is InChI=1S/C17H26N2O/c1-20-10-9-19-14-17(15-5-4-8-18-11-15)12-16(13-17)6-2-3-7-16/h4-5,8,11,19H,2-3,6-7,9-10,12-14H2,1H3. The average molecular weight is 274 g/mol. The molecule has 2 fully saturated rings. The van der Waals surface area contributed by atoms with Crippen LogP contribution in [0.15, 0.2) is 24.5 Å². The molecule has 0 unspecified atom stereocenters. The van der Waals surface area contributed by atoms with E-state index in [-0.39, 0.29) is 0 Å². The second-order valence-electron chi connectivity index (χ2n) is 6.75. The zero-order valence-electron chi connectivity index (χ0n) is 12.5. The van der Waals surface area contributed by atoms with Crippen LogP contribution >= 0.6 is 0 Å². The molecular weight excluding hydrogens is 248 g/mol. The van der Waals surface area contributed by atoms with Gasteiger partial charge in [-0.25, -0.2) is 0 Å². The second kappa shape index (κ2) is 5.82. The Balaban J connectivity index is 1.68. The Morgan fingerprint density at radius 1 is 1.30 bits per heavy atom. The summed E-state index contributed by atoms with van der Waals surface area (Å²) in [6.07, 6.45) is 12.4. The van der Waals surface area contributed by atoms with Gasteiger partial charge in [0, 0.05) is 38.0 Å². The molecule has 3 nitrogen and oxygen atoms in total. The van der Waals surface area contributed by atoms with E-state index < -0.39 is 0 Å². The van der Waals surface area contributed by atoms with Gasteiger partial charge in [-0.1, -0.05) is 18.9 Å². The van der Waals surface area contributed by atoms with Crippen LogP contribution < -0.4 is 5.32 Å². The Kier molecular flexibility index (Phi) is 4.08. The molecule has 2 aliphatic carbocycles. The molecule has 20 heavy (non-hydrogen) atoms. The van der Waals surface area contributed by atoms with Crippen molar-refractivity contribution in [2.24, 2.45) is 5.41 Å². The molecule has 1 heterocycles. The zero-order valence-corrected chi connectivity index (χ0v) is 12.5. The molecule has 3 heteroatoms. The third-order valence-electron chi connectivity index (χ3n) is 5.31. The summed E-state index contributed by atoms with van der Waals surface area (Å²) in [5.41, 5.74) is 2.38. The fraction of sp³-hybridized carbons (Fsp3) is 0.706. The van der Waals surface area contributed by atoms with Gasteiger partial charge in [0.15, 0.2) is 0 Å². The summed E-state index contributed by atoms with van der Waals surface area (Å²) in [5.74, 6) is 0. The number of nitrogens with zero attached hydrogens (tertiary/aromatic N) is 1. The fourth-order valence-corrected chi connectivity index (χ4v) is 4.47. The van der Waals surface area contributed by atoms with E-state index in [4.69, 9.17) is 4.74 Å². The number of nitrogens with one attached hydrogen (secondary N) is 1. The maximum Gasteiger partial charge on any atom is 0.0587 e. The summed E-state index contributed by atoms with van der Waals surface area (Å²) in [6, 6.07) is 4.33. The average Bonchev–Trinajstić information content (AvgIpc) is 2.93. The van der Waals surface area contributed by atoms with E-state index in [1.807, 2.05) is 6.20 Å². The Labute approximate surface area is 122 Å². The molecule has 110 valence electrons. The van der Waals surface area contributed by atoms with Crippen molar-refractivity contribution >= 4 is 0 Å². The maximum atomic E-state index is 5.13. The van der Waals surface area contributed by atoms with Crippen molar-refractivity contribution in [3.05, 3.63) is 30.1 Å². The van der Waals surface area contributed by atoms with Crippen molar-refractivity contribution in [3.8, 4) is 0 Å². The summed E-state index contributed by atoms with van der Waals surface area (Å²) in [7, 11) is 1.76. The predicted octanol–water partition coefficient (Wildman–Crippen LogP) is 2.91. The van der Waals surface area contributed by atoms with Crippen LogP contribution in [0.5, 0.6) is 0 Å². The molecule has 0 radical (unpaired) electrons. The first-order chi connectivity index (χ1) is 9.79. The third-order valence-corrected chi connectivity index (χ3v) is 5.31. The molecule has 0 aromatic carbocycles. The molecule has 1 aromatic heterocycles. The van der Waals surface area contributed by atoms with Crippen LogP contribution in [0.2, 0.25) is 0 Å². The highest BCUT2D eigenvalue weighted by Gasteiger charge is 2.55. The third kappa shape index (κ3) is 2.61.